The third kappa shape index (κ3) is 2.21. The Morgan fingerprint density at radius 2 is 2.07 bits per heavy atom. The summed E-state index contributed by atoms with van der Waals surface area (Å²) in [6.45, 7) is 0. The number of nitrogens with one attached hydrogen (secondary N) is 1. The van der Waals surface area contributed by atoms with E-state index in [1.54, 1.807) is 0 Å². The summed E-state index contributed by atoms with van der Waals surface area (Å²) < 4.78 is 5.60. The normalized spacial score (nSPS) is 35.1. The zero-order valence-corrected chi connectivity index (χ0v) is 16.7. The molecular weight excluding hydrogens is 432 g/mol. The highest BCUT2D eigenvalue weighted by molar-refractivity contribution is 8.00. The number of fused-ring (bicyclic) bond motifs is 6. The van der Waals surface area contributed by atoms with Gasteiger partial charge in [0.25, 0.3) is 5.69 Å². The molecular formula is C19H13N2O7S2-. The molecule has 2 aromatic rings. The van der Waals surface area contributed by atoms with E-state index in [2.05, 4.69) is 4.98 Å². The zero-order chi connectivity index (χ0) is 20.9. The number of benzene rings is 1. The van der Waals surface area contributed by atoms with Crippen LogP contribution in [0.2, 0.25) is 0 Å². The molecule has 0 spiro atoms. The molecule has 2 aliphatic heterocycles. The van der Waals surface area contributed by atoms with Crippen molar-refractivity contribution in [3.05, 3.63) is 48.4 Å². The Hall–Kier alpha value is -2.66. The predicted octanol–water partition coefficient (Wildman–Crippen LogP) is 1.12. The average Bonchev–Trinajstić information content (AvgIpc) is 3.35. The minimum absolute atomic E-state index is 0.117. The van der Waals surface area contributed by atoms with E-state index in [0.717, 1.165) is 16.2 Å². The first-order valence-electron chi connectivity index (χ1n) is 9.45. The number of carbonyl (C=O) groups is 2. The summed E-state index contributed by atoms with van der Waals surface area (Å²) in [7, 11) is 0. The number of H-pyrrole nitrogens is 1. The molecule has 1 N–H and O–H groups in total. The molecule has 30 heavy (non-hydrogen) atoms. The third-order valence-corrected chi connectivity index (χ3v) is 9.60. The number of thiazole rings is 1. The molecule has 154 valence electrons. The minimum Gasteiger partial charge on any atom is -0.550 e. The number of esters is 1. The molecule has 2 aliphatic carbocycles. The molecule has 2 bridgehead atoms. The van der Waals surface area contributed by atoms with Crippen LogP contribution in [0.5, 0.6) is 5.75 Å². The van der Waals surface area contributed by atoms with Crippen LogP contribution < -0.4 is 14.7 Å². The number of ether oxygens (including phenoxy) is 1. The first kappa shape index (κ1) is 18.1. The van der Waals surface area contributed by atoms with Crippen molar-refractivity contribution < 1.29 is 24.4 Å². The second-order valence-electron chi connectivity index (χ2n) is 8.18. The quantitative estimate of drug-likeness (QED) is 0.314. The number of carbonyl (C=O) groups excluding carboxylic acids is 2. The lowest BCUT2D eigenvalue weighted by Gasteiger charge is -2.46. The van der Waals surface area contributed by atoms with E-state index in [-0.39, 0.29) is 45.2 Å². The Kier molecular flexibility index (Phi) is 3.59. The van der Waals surface area contributed by atoms with Crippen LogP contribution in [0, 0.1) is 39.7 Å². The summed E-state index contributed by atoms with van der Waals surface area (Å²) in [5, 5.41) is 23.9. The van der Waals surface area contributed by atoms with Gasteiger partial charge in [-0.2, -0.15) is 0 Å². The smallest absolute Gasteiger partial charge is 0.315 e. The lowest BCUT2D eigenvalue weighted by atomic mass is 9.66. The van der Waals surface area contributed by atoms with E-state index in [1.165, 1.54) is 30.0 Å². The van der Waals surface area contributed by atoms with Crippen LogP contribution in [0.25, 0.3) is 0 Å². The number of aromatic nitrogens is 1. The molecule has 7 atom stereocenters. The molecule has 4 aliphatic rings. The number of hydrogen-bond donors (Lipinski definition) is 1. The molecule has 2 fully saturated rings. The van der Waals surface area contributed by atoms with Gasteiger partial charge in [0.15, 0.2) is 0 Å². The van der Waals surface area contributed by atoms with Crippen LogP contribution in [0.4, 0.5) is 5.69 Å². The number of aromatic amines is 1. The Morgan fingerprint density at radius 3 is 2.80 bits per heavy atom. The molecule has 0 amide bonds. The Morgan fingerprint density at radius 1 is 1.27 bits per heavy atom. The number of carboxylic acids is 1. The van der Waals surface area contributed by atoms with Gasteiger partial charge in [-0.3, -0.25) is 19.7 Å². The van der Waals surface area contributed by atoms with E-state index in [0.29, 0.717) is 17.0 Å². The maximum absolute atomic E-state index is 13.0. The van der Waals surface area contributed by atoms with Crippen LogP contribution in [0.3, 0.4) is 0 Å². The number of nitrogens with zero attached hydrogens (tertiary/aromatic N) is 1. The fraction of sp³-hybridized carbons (Fsp3) is 0.421. The first-order valence-corrected chi connectivity index (χ1v) is 11.2. The maximum atomic E-state index is 13.0. The summed E-state index contributed by atoms with van der Waals surface area (Å²) in [5.41, 5.74) is 0.372. The minimum atomic E-state index is -1.26. The van der Waals surface area contributed by atoms with Gasteiger partial charge >= 0.3 is 10.8 Å². The SMILES string of the molecule is O=C([O-])C1C2CC3C1C(=O)Oc1ccc([N+](=O)[O-])cc1C1c4sc(=O)[nH]c4SC2C13. The van der Waals surface area contributed by atoms with Crippen molar-refractivity contribution in [2.45, 2.75) is 22.6 Å². The average molecular weight is 445 g/mol. The molecule has 3 heterocycles. The maximum Gasteiger partial charge on any atom is 0.315 e. The van der Waals surface area contributed by atoms with Crippen molar-refractivity contribution in [2.24, 2.45) is 29.6 Å². The number of rotatable bonds is 2. The van der Waals surface area contributed by atoms with Crippen molar-refractivity contribution >= 4 is 40.7 Å². The summed E-state index contributed by atoms with van der Waals surface area (Å²) in [6, 6.07) is 4.06. The highest BCUT2D eigenvalue weighted by atomic mass is 32.2. The van der Waals surface area contributed by atoms with Crippen molar-refractivity contribution in [1.29, 1.82) is 0 Å². The largest absolute Gasteiger partial charge is 0.550 e. The highest BCUT2D eigenvalue weighted by Gasteiger charge is 2.65. The van der Waals surface area contributed by atoms with Gasteiger partial charge < -0.3 is 19.6 Å². The standard InChI is InChI=1S/C19H14N2O7S2/c22-17(23)12-8-4-7-11-10(15-16(29-14(8)11)20-19(25)30-15)6-3-5(21(26)27)1-2-9(6)28-18(24)13(7)12/h1-3,7-8,10-14H,4H2,(H,20,25)(H,22,23)/p-1. The van der Waals surface area contributed by atoms with Gasteiger partial charge in [0.05, 0.1) is 15.9 Å². The number of aliphatic carboxylic acids is 1. The number of non-ortho nitro benzene ring substituents is 1. The van der Waals surface area contributed by atoms with Crippen LogP contribution in [-0.2, 0) is 9.59 Å². The van der Waals surface area contributed by atoms with Crippen LogP contribution in [-0.4, -0.2) is 27.1 Å². The molecule has 1 aromatic carbocycles. The van der Waals surface area contributed by atoms with Crippen LogP contribution in [0.1, 0.15) is 22.8 Å². The van der Waals surface area contributed by atoms with Crippen molar-refractivity contribution in [1.82, 2.24) is 4.98 Å². The second-order valence-corrected chi connectivity index (χ2v) is 10.4. The van der Waals surface area contributed by atoms with Gasteiger partial charge in [0.1, 0.15) is 5.75 Å². The number of nitro benzene ring substituents is 1. The summed E-state index contributed by atoms with van der Waals surface area (Å²) in [4.78, 5) is 51.3. The zero-order valence-electron chi connectivity index (χ0n) is 15.1. The summed E-state index contributed by atoms with van der Waals surface area (Å²) >= 11 is 2.51. The van der Waals surface area contributed by atoms with Crippen molar-refractivity contribution in [3.8, 4) is 5.75 Å². The van der Waals surface area contributed by atoms with Crippen molar-refractivity contribution in [3.63, 3.8) is 0 Å². The van der Waals surface area contributed by atoms with Gasteiger partial charge in [-0.25, -0.2) is 0 Å². The predicted molar refractivity (Wildman–Crippen MR) is 102 cm³/mol. The Bertz CT molecular complexity index is 1200. The van der Waals surface area contributed by atoms with E-state index in [9.17, 15) is 29.6 Å². The van der Waals surface area contributed by atoms with Gasteiger partial charge in [0, 0.05) is 45.6 Å². The Labute approximate surface area is 176 Å². The van der Waals surface area contributed by atoms with Gasteiger partial charge in [-0.15, -0.1) is 11.8 Å². The fourth-order valence-electron chi connectivity index (χ4n) is 6.09. The van der Waals surface area contributed by atoms with E-state index >= 15 is 0 Å². The molecule has 1 aromatic heterocycles. The van der Waals surface area contributed by atoms with Crippen LogP contribution >= 0.6 is 23.1 Å². The molecule has 7 unspecified atom stereocenters. The molecule has 9 nitrogen and oxygen atoms in total. The number of thioether (sulfide) groups is 1. The molecule has 6 rings (SSSR count). The number of nitro groups is 1. The van der Waals surface area contributed by atoms with E-state index in [1.807, 2.05) is 0 Å². The summed E-state index contributed by atoms with van der Waals surface area (Å²) in [6.07, 6.45) is 0.556. The van der Waals surface area contributed by atoms with Crippen molar-refractivity contribution in [2.75, 3.05) is 0 Å². The van der Waals surface area contributed by atoms with Gasteiger partial charge in [0.2, 0.25) is 0 Å². The summed E-state index contributed by atoms with van der Waals surface area (Å²) in [5.74, 6) is -4.48. The van der Waals surface area contributed by atoms with E-state index in [4.69, 9.17) is 4.74 Å². The highest BCUT2D eigenvalue weighted by Crippen LogP contribution is 2.68. The van der Waals surface area contributed by atoms with E-state index < -0.39 is 28.7 Å². The molecule has 0 radical (unpaired) electrons. The fourth-order valence-corrected chi connectivity index (χ4v) is 8.97. The lowest BCUT2D eigenvalue weighted by molar-refractivity contribution is -0.385. The second kappa shape index (κ2) is 5.94. The monoisotopic (exact) mass is 445 g/mol. The molecule has 2 saturated carbocycles. The van der Waals surface area contributed by atoms with Gasteiger partial charge in [-0.05, 0) is 30.2 Å². The Balaban J connectivity index is 1.63. The lowest BCUT2D eigenvalue weighted by Crippen LogP contribution is -2.52. The van der Waals surface area contributed by atoms with Crippen LogP contribution in [0.15, 0.2) is 28.0 Å². The molecule has 11 heteroatoms. The molecule has 0 saturated heterocycles. The number of carboxylic acid groups (broad SMARTS) is 1. The first-order chi connectivity index (χ1) is 14.3. The topological polar surface area (TPSA) is 142 Å². The third-order valence-electron chi connectivity index (χ3n) is 7.01. The number of hydrogen-bond acceptors (Lipinski definition) is 9. The van der Waals surface area contributed by atoms with Gasteiger partial charge in [-0.1, -0.05) is 11.3 Å².